The third-order valence-corrected chi connectivity index (χ3v) is 5.34. The van der Waals surface area contributed by atoms with Crippen molar-refractivity contribution in [1.29, 1.82) is 0 Å². The summed E-state index contributed by atoms with van der Waals surface area (Å²) < 4.78 is 48.9. The van der Waals surface area contributed by atoms with Gasteiger partial charge in [0.2, 0.25) is 15.7 Å². The number of alkyl halides is 2. The maximum atomic E-state index is 12.8. The molecule has 2 rings (SSSR count). The van der Waals surface area contributed by atoms with E-state index in [4.69, 9.17) is 5.11 Å². The van der Waals surface area contributed by atoms with E-state index in [1.54, 1.807) is 0 Å². The molecule has 2 N–H and O–H groups in total. The lowest BCUT2D eigenvalue weighted by atomic mass is 10.2. The zero-order chi connectivity index (χ0) is 18.8. The highest BCUT2D eigenvalue weighted by Crippen LogP contribution is 2.29. The van der Waals surface area contributed by atoms with Crippen LogP contribution in [0.5, 0.6) is 0 Å². The van der Waals surface area contributed by atoms with Crippen LogP contribution < -0.4 is 5.32 Å². The lowest BCUT2D eigenvalue weighted by molar-refractivity contribution is -0.143. The molecule has 7 nitrogen and oxygen atoms in total. The van der Waals surface area contributed by atoms with Crippen molar-refractivity contribution < 1.29 is 31.9 Å². The smallest absolute Gasteiger partial charge is 0.341 e. The molecule has 1 unspecified atom stereocenters. The van der Waals surface area contributed by atoms with Crippen molar-refractivity contribution in [2.45, 2.75) is 42.5 Å². The molecule has 0 radical (unpaired) electrons. The summed E-state index contributed by atoms with van der Waals surface area (Å²) in [5.41, 5.74) is -0.258. The van der Waals surface area contributed by atoms with Gasteiger partial charge in [-0.3, -0.25) is 14.5 Å². The molecule has 0 bridgehead atoms. The molecule has 1 fully saturated rings. The maximum Gasteiger partial charge on any atom is 0.341 e. The fraction of sp³-hybridized carbons (Fsp3) is 0.467. The largest absolute Gasteiger partial charge is 0.480 e. The van der Waals surface area contributed by atoms with Crippen LogP contribution in [0.15, 0.2) is 29.2 Å². The summed E-state index contributed by atoms with van der Waals surface area (Å²) in [5, 5.41) is 11.4. The second kappa shape index (κ2) is 7.44. The predicted octanol–water partition coefficient (Wildman–Crippen LogP) is 1.56. The molecule has 1 aromatic rings. The molecule has 0 aliphatic heterocycles. The molecule has 0 aromatic heterocycles. The SMILES string of the molecule is CC(C(=O)O)N(CC(=O)Nc1ccccc1S(=O)(=O)C(F)F)C1CC1. The molecule has 0 heterocycles. The van der Waals surface area contributed by atoms with Gasteiger partial charge < -0.3 is 10.4 Å². The first-order valence-corrected chi connectivity index (χ1v) is 9.08. The first kappa shape index (κ1) is 19.3. The third kappa shape index (κ3) is 4.51. The van der Waals surface area contributed by atoms with E-state index in [9.17, 15) is 26.8 Å². The molecule has 10 heteroatoms. The van der Waals surface area contributed by atoms with Gasteiger partial charge in [0, 0.05) is 6.04 Å². The van der Waals surface area contributed by atoms with Crippen molar-refractivity contribution in [3.63, 3.8) is 0 Å². The Morgan fingerprint density at radius 1 is 1.32 bits per heavy atom. The molecule has 138 valence electrons. The topological polar surface area (TPSA) is 104 Å². The van der Waals surface area contributed by atoms with Crippen LogP contribution in [-0.4, -0.2) is 54.7 Å². The molecule has 0 saturated heterocycles. The number of benzene rings is 1. The van der Waals surface area contributed by atoms with E-state index in [0.29, 0.717) is 0 Å². The summed E-state index contributed by atoms with van der Waals surface area (Å²) in [7, 11) is -4.87. The number of amides is 1. The molecule has 1 amide bonds. The number of nitrogens with zero attached hydrogens (tertiary/aromatic N) is 1. The molecule has 1 aromatic carbocycles. The number of carboxylic acids is 1. The number of rotatable bonds is 8. The average Bonchev–Trinajstić information content (AvgIpc) is 3.36. The van der Waals surface area contributed by atoms with Gasteiger partial charge in [-0.2, -0.15) is 8.78 Å². The van der Waals surface area contributed by atoms with Crippen molar-refractivity contribution in [1.82, 2.24) is 4.90 Å². The third-order valence-electron chi connectivity index (χ3n) is 3.90. The second-order valence-corrected chi connectivity index (χ2v) is 7.65. The zero-order valence-corrected chi connectivity index (χ0v) is 14.2. The van der Waals surface area contributed by atoms with E-state index in [1.165, 1.54) is 30.0 Å². The minimum absolute atomic E-state index is 0.0307. The number of nitrogens with one attached hydrogen (secondary N) is 1. The fourth-order valence-corrected chi connectivity index (χ4v) is 3.29. The van der Waals surface area contributed by atoms with E-state index in [1.807, 2.05) is 0 Å². The first-order valence-electron chi connectivity index (χ1n) is 7.54. The lowest BCUT2D eigenvalue weighted by Gasteiger charge is -2.25. The lowest BCUT2D eigenvalue weighted by Crippen LogP contribution is -2.44. The molecular weight excluding hydrogens is 358 g/mol. The Morgan fingerprint density at radius 3 is 2.44 bits per heavy atom. The zero-order valence-electron chi connectivity index (χ0n) is 13.4. The van der Waals surface area contributed by atoms with Crippen molar-refractivity contribution in [2.24, 2.45) is 0 Å². The van der Waals surface area contributed by atoms with Crippen LogP contribution in [-0.2, 0) is 19.4 Å². The summed E-state index contributed by atoms with van der Waals surface area (Å²) in [6.07, 6.45) is 1.53. The van der Waals surface area contributed by atoms with Crippen molar-refractivity contribution in [3.05, 3.63) is 24.3 Å². The van der Waals surface area contributed by atoms with Crippen LogP contribution in [0.2, 0.25) is 0 Å². The Hall–Kier alpha value is -2.07. The number of sulfone groups is 1. The standard InChI is InChI=1S/C15H18F2N2O5S/c1-9(14(21)22)19(10-6-7-10)8-13(20)18-11-4-2-3-5-12(11)25(23,24)15(16)17/h2-5,9-10,15H,6-8H2,1H3,(H,18,20)(H,21,22). The molecule has 1 saturated carbocycles. The van der Waals surface area contributed by atoms with E-state index in [2.05, 4.69) is 5.32 Å². The number of carbonyl (C=O) groups excluding carboxylic acids is 1. The van der Waals surface area contributed by atoms with Crippen LogP contribution in [0, 0.1) is 0 Å². The van der Waals surface area contributed by atoms with E-state index < -0.39 is 38.4 Å². The highest BCUT2D eigenvalue weighted by Gasteiger charge is 2.36. The van der Waals surface area contributed by atoms with Gasteiger partial charge in [-0.05, 0) is 31.9 Å². The Bertz CT molecular complexity index is 765. The Balaban J connectivity index is 2.17. The van der Waals surface area contributed by atoms with Crippen LogP contribution >= 0.6 is 0 Å². The molecule has 1 atom stereocenters. The minimum Gasteiger partial charge on any atom is -0.480 e. The quantitative estimate of drug-likeness (QED) is 0.714. The van der Waals surface area contributed by atoms with Crippen LogP contribution in [0.3, 0.4) is 0 Å². The van der Waals surface area contributed by atoms with Gasteiger partial charge in [-0.1, -0.05) is 12.1 Å². The van der Waals surface area contributed by atoms with Gasteiger partial charge in [-0.25, -0.2) is 8.42 Å². The van der Waals surface area contributed by atoms with Gasteiger partial charge in [0.15, 0.2) is 0 Å². The summed E-state index contributed by atoms with van der Waals surface area (Å²) in [6.45, 7) is 1.17. The Morgan fingerprint density at radius 2 is 1.92 bits per heavy atom. The van der Waals surface area contributed by atoms with Crippen molar-refractivity contribution in [3.8, 4) is 0 Å². The highest BCUT2D eigenvalue weighted by atomic mass is 32.2. The second-order valence-electron chi connectivity index (χ2n) is 5.77. The number of para-hydroxylation sites is 1. The number of hydrogen-bond acceptors (Lipinski definition) is 5. The predicted molar refractivity (Wildman–Crippen MR) is 85.1 cm³/mol. The fourth-order valence-electron chi connectivity index (χ4n) is 2.40. The number of carbonyl (C=O) groups is 2. The Labute approximate surface area is 143 Å². The number of carboxylic acid groups (broad SMARTS) is 1. The van der Waals surface area contributed by atoms with Crippen LogP contribution in [0.1, 0.15) is 19.8 Å². The number of halogens is 2. The monoisotopic (exact) mass is 376 g/mol. The van der Waals surface area contributed by atoms with Crippen molar-refractivity contribution >= 4 is 27.4 Å². The van der Waals surface area contributed by atoms with Gasteiger partial charge >= 0.3 is 11.7 Å². The average molecular weight is 376 g/mol. The van der Waals surface area contributed by atoms with E-state index >= 15 is 0 Å². The van der Waals surface area contributed by atoms with Crippen LogP contribution in [0.25, 0.3) is 0 Å². The van der Waals surface area contributed by atoms with E-state index in [-0.39, 0.29) is 18.3 Å². The Kier molecular flexibility index (Phi) is 5.73. The number of hydrogen-bond donors (Lipinski definition) is 2. The van der Waals surface area contributed by atoms with E-state index in [0.717, 1.165) is 18.9 Å². The summed E-state index contributed by atoms with van der Waals surface area (Å²) in [5.74, 6) is -5.36. The normalized spacial score (nSPS) is 16.0. The molecule has 25 heavy (non-hydrogen) atoms. The maximum absolute atomic E-state index is 12.8. The summed E-state index contributed by atoms with van der Waals surface area (Å²) in [6, 6.07) is 3.94. The molecule has 1 aliphatic carbocycles. The highest BCUT2D eigenvalue weighted by molar-refractivity contribution is 7.91. The van der Waals surface area contributed by atoms with Crippen molar-refractivity contribution in [2.75, 3.05) is 11.9 Å². The minimum atomic E-state index is -4.87. The molecule has 1 aliphatic rings. The van der Waals surface area contributed by atoms with Gasteiger partial charge in [0.1, 0.15) is 6.04 Å². The molecule has 0 spiro atoms. The summed E-state index contributed by atoms with van der Waals surface area (Å²) >= 11 is 0. The first-order chi connectivity index (χ1) is 11.6. The van der Waals surface area contributed by atoms with Gasteiger partial charge in [-0.15, -0.1) is 0 Å². The number of aliphatic carboxylic acids is 1. The summed E-state index contributed by atoms with van der Waals surface area (Å²) in [4.78, 5) is 24.2. The van der Waals surface area contributed by atoms with Gasteiger partial charge in [0.05, 0.1) is 17.1 Å². The molecular formula is C15H18F2N2O5S. The van der Waals surface area contributed by atoms with Gasteiger partial charge in [0.25, 0.3) is 0 Å². The van der Waals surface area contributed by atoms with Crippen LogP contribution in [0.4, 0.5) is 14.5 Å². The number of anilines is 1.